The summed E-state index contributed by atoms with van der Waals surface area (Å²) >= 11 is 0. The van der Waals surface area contributed by atoms with E-state index in [0.29, 0.717) is 0 Å². The smallest absolute Gasteiger partial charge is 0.243 e. The van der Waals surface area contributed by atoms with E-state index in [9.17, 15) is 13.2 Å². The number of hydrogen-bond donors (Lipinski definition) is 1. The van der Waals surface area contributed by atoms with Crippen molar-refractivity contribution in [1.29, 1.82) is 0 Å². The number of aryl methyl sites for hydroxylation is 1. The summed E-state index contributed by atoms with van der Waals surface area (Å²) in [5.41, 5.74) is 0.959. The van der Waals surface area contributed by atoms with Crippen LogP contribution in [0.1, 0.15) is 12.5 Å². The van der Waals surface area contributed by atoms with Gasteiger partial charge in [0.2, 0.25) is 10.0 Å². The first kappa shape index (κ1) is 13.9. The molecule has 0 amide bonds. The molecule has 2 rings (SSSR count). The average Bonchev–Trinajstić information content (AvgIpc) is 2.34. The molecule has 102 valence electrons. The normalized spacial score (nSPS) is 23.6. The molecule has 5 nitrogen and oxygen atoms in total. The van der Waals surface area contributed by atoms with Crippen molar-refractivity contribution in [3.05, 3.63) is 42.0 Å². The SMILES string of the molecule is Cc1ccc(S(=O)(=O)N[C@H]2O[C@@H](C)C=CC2=O)cc1. The lowest BCUT2D eigenvalue weighted by atomic mass is 10.2. The van der Waals surface area contributed by atoms with Crippen molar-refractivity contribution in [2.24, 2.45) is 0 Å². The van der Waals surface area contributed by atoms with Crippen molar-refractivity contribution in [2.45, 2.75) is 31.1 Å². The summed E-state index contributed by atoms with van der Waals surface area (Å²) in [6, 6.07) is 6.37. The number of hydrogen-bond acceptors (Lipinski definition) is 4. The third-order valence-corrected chi connectivity index (χ3v) is 4.15. The van der Waals surface area contributed by atoms with Gasteiger partial charge >= 0.3 is 0 Å². The van der Waals surface area contributed by atoms with Gasteiger partial charge in [0.25, 0.3) is 0 Å². The molecule has 0 saturated heterocycles. The molecule has 0 fully saturated rings. The van der Waals surface area contributed by atoms with Gasteiger partial charge in [-0.05, 0) is 32.1 Å². The number of benzene rings is 1. The Morgan fingerprint density at radius 1 is 1.21 bits per heavy atom. The first-order valence-electron chi connectivity index (χ1n) is 5.85. The van der Waals surface area contributed by atoms with Crippen LogP contribution in [0.2, 0.25) is 0 Å². The largest absolute Gasteiger partial charge is 0.348 e. The molecule has 0 radical (unpaired) electrons. The van der Waals surface area contributed by atoms with Crippen LogP contribution in [0.5, 0.6) is 0 Å². The Hall–Kier alpha value is -1.50. The van der Waals surface area contributed by atoms with Crippen molar-refractivity contribution < 1.29 is 17.9 Å². The lowest BCUT2D eigenvalue weighted by Crippen LogP contribution is -2.45. The van der Waals surface area contributed by atoms with Gasteiger partial charge < -0.3 is 4.74 Å². The van der Waals surface area contributed by atoms with E-state index in [-0.39, 0.29) is 11.0 Å². The van der Waals surface area contributed by atoms with E-state index in [2.05, 4.69) is 4.72 Å². The van der Waals surface area contributed by atoms with E-state index >= 15 is 0 Å². The van der Waals surface area contributed by atoms with Gasteiger partial charge in [0, 0.05) is 0 Å². The molecule has 1 heterocycles. The highest BCUT2D eigenvalue weighted by Crippen LogP contribution is 2.13. The predicted molar refractivity (Wildman–Crippen MR) is 70.0 cm³/mol. The van der Waals surface area contributed by atoms with Gasteiger partial charge in [0.1, 0.15) is 0 Å². The van der Waals surface area contributed by atoms with E-state index in [1.165, 1.54) is 18.2 Å². The molecule has 2 atom stereocenters. The summed E-state index contributed by atoms with van der Waals surface area (Å²) in [5.74, 6) is -0.409. The second-order valence-electron chi connectivity index (χ2n) is 4.42. The maximum absolute atomic E-state index is 12.1. The van der Waals surface area contributed by atoms with E-state index in [1.807, 2.05) is 6.92 Å². The van der Waals surface area contributed by atoms with Crippen LogP contribution in [0, 0.1) is 6.92 Å². The topological polar surface area (TPSA) is 72.5 Å². The molecule has 0 spiro atoms. The van der Waals surface area contributed by atoms with Crippen LogP contribution < -0.4 is 4.72 Å². The summed E-state index contributed by atoms with van der Waals surface area (Å²) in [6.45, 7) is 3.60. The summed E-state index contributed by atoms with van der Waals surface area (Å²) in [4.78, 5) is 11.7. The van der Waals surface area contributed by atoms with Gasteiger partial charge in [-0.1, -0.05) is 23.8 Å². The third kappa shape index (κ3) is 3.28. The standard InChI is InChI=1S/C13H15NO4S/c1-9-3-6-11(7-4-9)19(16,17)14-13-12(15)8-5-10(2)18-13/h3-8,10,13-14H,1-2H3/t10-,13-/m0/s1. The molecule has 19 heavy (non-hydrogen) atoms. The summed E-state index contributed by atoms with van der Waals surface area (Å²) in [6.07, 6.45) is 1.45. The summed E-state index contributed by atoms with van der Waals surface area (Å²) < 4.78 is 31.7. The average molecular weight is 281 g/mol. The lowest BCUT2D eigenvalue weighted by molar-refractivity contribution is -0.130. The first-order chi connectivity index (χ1) is 8.88. The minimum absolute atomic E-state index is 0.108. The number of rotatable bonds is 3. The Bertz CT molecular complexity index is 604. The van der Waals surface area contributed by atoms with Crippen LogP contribution in [-0.4, -0.2) is 26.5 Å². The highest BCUT2D eigenvalue weighted by molar-refractivity contribution is 7.89. The lowest BCUT2D eigenvalue weighted by Gasteiger charge is -2.23. The molecule has 6 heteroatoms. The second kappa shape index (κ2) is 5.24. The van der Waals surface area contributed by atoms with E-state index < -0.39 is 22.0 Å². The molecule has 0 saturated carbocycles. The van der Waals surface area contributed by atoms with E-state index in [1.54, 1.807) is 25.1 Å². The van der Waals surface area contributed by atoms with Crippen molar-refractivity contribution in [3.63, 3.8) is 0 Å². The molecule has 1 aromatic rings. The number of carbonyl (C=O) groups excluding carboxylic acids is 1. The van der Waals surface area contributed by atoms with Crippen molar-refractivity contribution in [1.82, 2.24) is 4.72 Å². The van der Waals surface area contributed by atoms with Gasteiger partial charge in [-0.2, -0.15) is 4.72 Å². The number of sulfonamides is 1. The van der Waals surface area contributed by atoms with Crippen LogP contribution in [0.25, 0.3) is 0 Å². The Balaban J connectivity index is 2.20. The number of ether oxygens (including phenoxy) is 1. The summed E-state index contributed by atoms with van der Waals surface area (Å²) in [7, 11) is -3.76. The summed E-state index contributed by atoms with van der Waals surface area (Å²) in [5, 5.41) is 0. The Labute approximate surface area is 112 Å². The van der Waals surface area contributed by atoms with Gasteiger partial charge in [-0.3, -0.25) is 4.79 Å². The molecule has 1 aliphatic heterocycles. The first-order valence-corrected chi connectivity index (χ1v) is 7.33. The fraction of sp³-hybridized carbons (Fsp3) is 0.308. The number of nitrogens with one attached hydrogen (secondary N) is 1. The molecule has 0 unspecified atom stereocenters. The zero-order chi connectivity index (χ0) is 14.0. The molecule has 0 aromatic heterocycles. The molecular weight excluding hydrogens is 266 g/mol. The highest BCUT2D eigenvalue weighted by atomic mass is 32.2. The highest BCUT2D eigenvalue weighted by Gasteiger charge is 2.28. The van der Waals surface area contributed by atoms with E-state index in [4.69, 9.17) is 4.74 Å². The maximum atomic E-state index is 12.1. The Morgan fingerprint density at radius 3 is 2.47 bits per heavy atom. The maximum Gasteiger partial charge on any atom is 0.243 e. The fourth-order valence-corrected chi connectivity index (χ4v) is 2.74. The van der Waals surface area contributed by atoms with Crippen molar-refractivity contribution in [3.8, 4) is 0 Å². The molecule has 1 N–H and O–H groups in total. The minimum atomic E-state index is -3.76. The molecule has 0 aliphatic carbocycles. The number of ketones is 1. The van der Waals surface area contributed by atoms with Crippen LogP contribution >= 0.6 is 0 Å². The zero-order valence-electron chi connectivity index (χ0n) is 10.7. The van der Waals surface area contributed by atoms with Gasteiger partial charge in [-0.15, -0.1) is 0 Å². The van der Waals surface area contributed by atoms with Crippen LogP contribution in [-0.2, 0) is 19.6 Å². The molecule has 0 bridgehead atoms. The van der Waals surface area contributed by atoms with Gasteiger partial charge in [0.15, 0.2) is 12.0 Å². The second-order valence-corrected chi connectivity index (χ2v) is 6.13. The quantitative estimate of drug-likeness (QED) is 0.902. The monoisotopic (exact) mass is 281 g/mol. The molecule has 1 aliphatic rings. The zero-order valence-corrected chi connectivity index (χ0v) is 11.5. The van der Waals surface area contributed by atoms with Crippen LogP contribution in [0.3, 0.4) is 0 Å². The van der Waals surface area contributed by atoms with Gasteiger partial charge in [0.05, 0.1) is 11.0 Å². The Morgan fingerprint density at radius 2 is 1.84 bits per heavy atom. The van der Waals surface area contributed by atoms with Crippen LogP contribution in [0.15, 0.2) is 41.3 Å². The van der Waals surface area contributed by atoms with Crippen molar-refractivity contribution in [2.75, 3.05) is 0 Å². The van der Waals surface area contributed by atoms with Gasteiger partial charge in [-0.25, -0.2) is 8.42 Å². The third-order valence-electron chi connectivity index (χ3n) is 2.73. The molecular formula is C13H15NO4S. The minimum Gasteiger partial charge on any atom is -0.348 e. The predicted octanol–water partition coefficient (Wildman–Crippen LogP) is 1.14. The number of carbonyl (C=O) groups is 1. The van der Waals surface area contributed by atoms with Crippen molar-refractivity contribution >= 4 is 15.8 Å². The Kier molecular flexibility index (Phi) is 3.84. The van der Waals surface area contributed by atoms with E-state index in [0.717, 1.165) is 5.56 Å². The fourth-order valence-electron chi connectivity index (χ4n) is 1.66. The van der Waals surface area contributed by atoms with Crippen LogP contribution in [0.4, 0.5) is 0 Å². The molecule has 1 aromatic carbocycles.